The first-order valence-corrected chi connectivity index (χ1v) is 34.9. The lowest BCUT2D eigenvalue weighted by Crippen LogP contribution is -2.37. The van der Waals surface area contributed by atoms with Gasteiger partial charge in [-0.05, 0) is 35.4 Å². The molecule has 8 aromatic rings. The van der Waals surface area contributed by atoms with Crippen molar-refractivity contribution in [3.8, 4) is 0 Å². The number of fused-ring (bicyclic) bond motifs is 4. The zero-order valence-corrected chi connectivity index (χ0v) is 50.6. The van der Waals surface area contributed by atoms with Gasteiger partial charge in [-0.1, -0.05) is 0 Å². The first kappa shape index (κ1) is 63.9. The average Bonchev–Trinajstić information content (AvgIpc) is 1.70. The molecule has 19 atom stereocenters. The number of nitrogens with zero attached hydrogens (tertiary/aromatic N) is 16. The maximum Gasteiger partial charge on any atom is 0.469 e. The van der Waals surface area contributed by atoms with Gasteiger partial charge in [-0.3, -0.25) is 36.4 Å². The monoisotopic (exact) mass is 1380 g/mol. The predicted molar refractivity (Wildman–Crippen MR) is 305 cm³/mol. The largest absolute Gasteiger partial charge is 0.469 e. The van der Waals surface area contributed by atoms with Gasteiger partial charge in [0, 0.05) is 0 Å². The summed E-state index contributed by atoms with van der Waals surface area (Å²) in [7, 11) is -5.11. The Morgan fingerprint density at radius 3 is 0.944 bits per heavy atom. The molecule has 4 saturated heterocycles. The van der Waals surface area contributed by atoms with E-state index in [1.807, 2.05) is 0 Å². The molecule has 49 heteroatoms. The van der Waals surface area contributed by atoms with E-state index < -0.39 is 153 Å². The highest BCUT2D eigenvalue weighted by Gasteiger charge is 2.54. The van der Waals surface area contributed by atoms with Gasteiger partial charge in [-0.25, -0.2) is 64.4 Å². The highest BCUT2D eigenvalue weighted by molar-refractivity contribution is 8.07. The highest BCUT2D eigenvalue weighted by Crippen LogP contribution is 2.55. The van der Waals surface area contributed by atoms with Gasteiger partial charge in [0.25, 0.3) is 0 Å². The molecule has 4 aliphatic rings. The predicted octanol–water partition coefficient (Wildman–Crippen LogP) is -3.97. The summed E-state index contributed by atoms with van der Waals surface area (Å²) in [4.78, 5) is 103. The normalized spacial score (nSPS) is 31.3. The van der Waals surface area contributed by atoms with Crippen LogP contribution in [-0.4, -0.2) is 228 Å². The average molecular weight is 1380 g/mol. The maximum atomic E-state index is 12.0. The number of aliphatic hydroxyl groups is 5. The molecule has 42 nitrogen and oxygen atoms in total. The molecule has 18 N–H and O–H groups in total. The van der Waals surface area contributed by atoms with E-state index >= 15 is 0 Å². The van der Waals surface area contributed by atoms with Crippen molar-refractivity contribution < 1.29 is 105 Å². The number of nitrogen functional groups attached to an aromatic ring is 4. The van der Waals surface area contributed by atoms with Crippen molar-refractivity contribution in [2.24, 2.45) is 0 Å². The summed E-state index contributed by atoms with van der Waals surface area (Å²) >= 11 is 16.3. The van der Waals surface area contributed by atoms with Crippen molar-refractivity contribution in [2.45, 2.75) is 98.2 Å². The molecule has 480 valence electrons. The topological polar surface area (TPSA) is 599 Å². The van der Waals surface area contributed by atoms with E-state index in [0.717, 1.165) is 19.0 Å². The Bertz CT molecular complexity index is 4160. The van der Waals surface area contributed by atoms with E-state index in [-0.39, 0.29) is 67.9 Å². The number of hydrogen-bond acceptors (Lipinski definition) is 36. The van der Waals surface area contributed by atoms with Crippen molar-refractivity contribution in [3.63, 3.8) is 0 Å². The quantitative estimate of drug-likeness (QED) is 0.0288. The molecule has 3 unspecified atom stereocenters. The van der Waals surface area contributed by atoms with Crippen molar-refractivity contribution >= 4 is 131 Å². The van der Waals surface area contributed by atoms with Crippen LogP contribution in [0.4, 0.5) is 23.3 Å². The summed E-state index contributed by atoms with van der Waals surface area (Å²) in [5.41, 5.74) is 24.8. The summed E-state index contributed by atoms with van der Waals surface area (Å²) in [6, 6.07) is 0. The van der Waals surface area contributed by atoms with Crippen molar-refractivity contribution in [2.75, 3.05) is 49.4 Å². The molecule has 0 aliphatic carbocycles. The van der Waals surface area contributed by atoms with E-state index in [0.29, 0.717) is 0 Å². The summed E-state index contributed by atoms with van der Waals surface area (Å²) in [5.74, 6) is -0.119. The van der Waals surface area contributed by atoms with Crippen LogP contribution in [0.25, 0.3) is 44.7 Å². The molecule has 89 heavy (non-hydrogen) atoms. The van der Waals surface area contributed by atoms with E-state index in [1.165, 1.54) is 49.9 Å². The van der Waals surface area contributed by atoms with Crippen molar-refractivity contribution in [1.82, 2.24) is 78.1 Å². The summed E-state index contributed by atoms with van der Waals surface area (Å²) in [6.45, 7) is -17.1. The van der Waals surface area contributed by atoms with Crippen LogP contribution in [0.15, 0.2) is 50.6 Å². The van der Waals surface area contributed by atoms with Gasteiger partial charge in [0.1, 0.15) is 121 Å². The Morgan fingerprint density at radius 1 is 0.393 bits per heavy atom. The fourth-order valence-corrected chi connectivity index (χ4v) is 14.7. The summed E-state index contributed by atoms with van der Waals surface area (Å²) < 4.78 is 80.4. The van der Waals surface area contributed by atoms with Crippen molar-refractivity contribution in [1.29, 1.82) is 0 Å². The second-order valence-electron chi connectivity index (χ2n) is 19.8. The number of rotatable bonds is 22. The van der Waals surface area contributed by atoms with Gasteiger partial charge in [0.15, 0.2) is 70.8 Å². The Hall–Kier alpha value is -5.26. The fourth-order valence-electron chi connectivity index (χ4n) is 10.1. The molecule has 0 saturated carbocycles. The van der Waals surface area contributed by atoms with Gasteiger partial charge >= 0.3 is 28.0 Å². The molecule has 12 heterocycles. The number of hydrogen-bond donors (Lipinski definition) is 14. The minimum absolute atomic E-state index is 0.0239. The highest BCUT2D eigenvalue weighted by atomic mass is 32.5. The van der Waals surface area contributed by atoms with Gasteiger partial charge in [0.2, 0.25) is 0 Å². The first-order valence-electron chi connectivity index (χ1n) is 25.6. The molecule has 8 aromatic heterocycles. The summed E-state index contributed by atoms with van der Waals surface area (Å²) in [5, 5.41) is 57.5. The van der Waals surface area contributed by atoms with Crippen LogP contribution in [0.2, 0.25) is 0 Å². The molecule has 4 fully saturated rings. The third-order valence-electron chi connectivity index (χ3n) is 14.3. The zero-order valence-electron chi connectivity index (χ0n) is 44.5. The molecule has 0 amide bonds. The van der Waals surface area contributed by atoms with Crippen molar-refractivity contribution in [3.05, 3.63) is 50.6 Å². The molecular formula is C40H50N20O22P4S3. The van der Waals surface area contributed by atoms with E-state index in [2.05, 4.69) is 64.3 Å². The molecule has 0 radical (unpaired) electrons. The van der Waals surface area contributed by atoms with Gasteiger partial charge in [0.05, 0.1) is 51.7 Å². The SMILES string of the molecule is Nc1ncnc2c1ncn2[C@@H]1O[C@H](COP(O)(=S)O[C@@H]2[C@H](O)[C@@H](COP(O)(=S)O[C@@H]3[C@H](O)[C@@H](COP(O)(=S)O[C@@H]4[C@H](O)[C@@H](COP(=O)(O)O)O[C@H]4n4cnc5c(N)ncnc54)O[C@H]3n3cnc4c(N)ncnc43)O[C@H]2n2cnc3c(N)ncnc32)[C@@H](O)[C@H]1O. The number of phosphoric ester groups is 1. The second-order valence-corrected chi connectivity index (χ2v) is 29.4. The van der Waals surface area contributed by atoms with Gasteiger partial charge in [-0.15, -0.1) is 0 Å². The van der Waals surface area contributed by atoms with Gasteiger partial charge in [-0.2, -0.15) is 0 Å². The third kappa shape index (κ3) is 12.7. The molecule has 0 aromatic carbocycles. The Balaban J connectivity index is 0.751. The summed E-state index contributed by atoms with van der Waals surface area (Å²) in [6.07, 6.45) is -16.5. The fraction of sp³-hybridized carbons (Fsp3) is 0.500. The number of nitrogens with two attached hydrogens (primary N) is 4. The van der Waals surface area contributed by atoms with Crippen LogP contribution < -0.4 is 22.9 Å². The van der Waals surface area contributed by atoms with Crippen LogP contribution in [0, 0.1) is 0 Å². The standard InChI is InChI=1S/C40H50N20O22P4S3/c41-29-17-33(49-5-45-29)57(9-53-17)37-25(65)21(61)13(76-37)2-73-84(69,87)81-27-23(63)15(78-39(27)59-11-55-19-31(43)47-7-51-35(19)59)4-75-86(71,89)82-28-24(64)16(79-40(28)60-12-56-20-32(44)48-8-52-36(20)60)3-74-85(70,88)80-26-22(62)14(1-72-83(66,67)68)77-38(26)58-10-54-18-30(42)46-6-50-34(18)58/h5-16,21-28,37-40,61-65H,1-4H2,(H,69,87)(H,70,88)(H,71,89)(H2,41,45,49)(H2,42,46,50)(H2,43,47,51)(H2,44,48,52)(H2,66,67,68)/t13-,14-,15-,16-,21-,22-,23-,24-,25-,26-,27-,28-,37-,38-,39-,40-,84?,85?,86?/m1/s1. The number of imidazole rings is 4. The molecule has 0 bridgehead atoms. The van der Waals surface area contributed by atoms with Crippen LogP contribution in [-0.2, 0) is 90.6 Å². The van der Waals surface area contributed by atoms with E-state index in [9.17, 15) is 54.6 Å². The lowest BCUT2D eigenvalue weighted by atomic mass is 10.1. The minimum atomic E-state index is -5.11. The number of phosphoric acid groups is 1. The Labute approximate surface area is 510 Å². The zero-order chi connectivity index (χ0) is 63.2. The number of anilines is 4. The van der Waals surface area contributed by atoms with Crippen LogP contribution >= 0.6 is 28.0 Å². The lowest BCUT2D eigenvalue weighted by molar-refractivity contribution is -0.0599. The first-order chi connectivity index (χ1) is 42.2. The second kappa shape index (κ2) is 24.7. The Kier molecular flexibility index (Phi) is 17.7. The third-order valence-corrected chi connectivity index (χ3v) is 19.5. The number of ether oxygens (including phenoxy) is 4. The van der Waals surface area contributed by atoms with Crippen LogP contribution in [0.3, 0.4) is 0 Å². The maximum absolute atomic E-state index is 12.0. The smallest absolute Gasteiger partial charge is 0.387 e. The Morgan fingerprint density at radius 2 is 0.652 bits per heavy atom. The molecule has 4 aliphatic heterocycles. The van der Waals surface area contributed by atoms with Crippen LogP contribution in [0.1, 0.15) is 24.9 Å². The molecular weight excluding hydrogens is 1330 g/mol. The van der Waals surface area contributed by atoms with Crippen LogP contribution in [0.5, 0.6) is 0 Å². The lowest BCUT2D eigenvalue weighted by Gasteiger charge is -2.27. The molecule has 0 spiro atoms. The van der Waals surface area contributed by atoms with E-state index in [4.69, 9.17) is 104 Å². The minimum Gasteiger partial charge on any atom is -0.387 e. The number of aromatic nitrogens is 16. The molecule has 12 rings (SSSR count). The van der Waals surface area contributed by atoms with Gasteiger partial charge < -0.3 is 105 Å². The number of aliphatic hydroxyl groups excluding tert-OH is 5. The van der Waals surface area contributed by atoms with E-state index in [1.54, 1.807) is 0 Å².